The molecule has 1 aliphatic rings. The highest BCUT2D eigenvalue weighted by atomic mass is 35.7. The molecule has 0 aromatic heterocycles. The van der Waals surface area contributed by atoms with E-state index >= 15 is 0 Å². The van der Waals surface area contributed by atoms with Crippen molar-refractivity contribution in [1.82, 2.24) is 0 Å². The Balaban J connectivity index is 2.43. The molecule has 1 aliphatic heterocycles. The summed E-state index contributed by atoms with van der Waals surface area (Å²) in [5.74, 6) is 1.30. The van der Waals surface area contributed by atoms with E-state index in [2.05, 4.69) is 0 Å². The lowest BCUT2D eigenvalue weighted by molar-refractivity contribution is 0.595. The predicted octanol–water partition coefficient (Wildman–Crippen LogP) is 2.51. The van der Waals surface area contributed by atoms with Gasteiger partial charge in [0.1, 0.15) is 0 Å². The predicted molar refractivity (Wildman–Crippen MR) is 44.9 cm³/mol. The maximum atomic E-state index is 5.61. The van der Waals surface area contributed by atoms with E-state index in [1.165, 1.54) is 0 Å². The van der Waals surface area contributed by atoms with Gasteiger partial charge in [0.25, 0.3) is 0 Å². The molecule has 1 heterocycles. The number of hydrogen-bond donors (Lipinski definition) is 1. The van der Waals surface area contributed by atoms with Crippen LogP contribution in [0.4, 0.5) is 5.69 Å². The molecule has 2 rings (SSSR count). The zero-order valence-corrected chi connectivity index (χ0v) is 7.10. The molecule has 2 N–H and O–H groups in total. The van der Waals surface area contributed by atoms with E-state index in [-0.39, 0.29) is 0 Å². The first-order chi connectivity index (χ1) is 5.25. The van der Waals surface area contributed by atoms with E-state index in [1.54, 1.807) is 18.2 Å². The average molecular weight is 190 g/mol. The van der Waals surface area contributed by atoms with Crippen LogP contribution in [0.3, 0.4) is 0 Å². The van der Waals surface area contributed by atoms with Crippen molar-refractivity contribution < 1.29 is 9.05 Å². The third kappa shape index (κ3) is 1.22. The van der Waals surface area contributed by atoms with Crippen molar-refractivity contribution in [1.29, 1.82) is 0 Å². The number of nitrogens with two attached hydrogens (primary N) is 1. The highest BCUT2D eigenvalue weighted by Gasteiger charge is 2.23. The topological polar surface area (TPSA) is 44.5 Å². The van der Waals surface area contributed by atoms with Crippen LogP contribution >= 0.6 is 19.0 Å². The molecule has 11 heavy (non-hydrogen) atoms. The SMILES string of the molecule is Nc1ccc2c(c1)OP(Cl)O2. The van der Waals surface area contributed by atoms with Gasteiger partial charge in [-0.1, -0.05) is 0 Å². The van der Waals surface area contributed by atoms with Crippen LogP contribution in [-0.2, 0) is 0 Å². The minimum atomic E-state index is -1.29. The minimum absolute atomic E-state index is 0.631. The fourth-order valence-corrected chi connectivity index (χ4v) is 1.93. The van der Waals surface area contributed by atoms with Crippen LogP contribution in [0.15, 0.2) is 18.2 Å². The molecule has 0 saturated carbocycles. The number of rotatable bonds is 0. The first-order valence-electron chi connectivity index (χ1n) is 2.97. The summed E-state index contributed by atoms with van der Waals surface area (Å²) < 4.78 is 10.2. The van der Waals surface area contributed by atoms with E-state index in [1.807, 2.05) is 0 Å². The van der Waals surface area contributed by atoms with Gasteiger partial charge in [0, 0.05) is 11.8 Å². The normalized spacial score (nSPS) is 20.3. The molecule has 0 spiro atoms. The first-order valence-corrected chi connectivity index (χ1v) is 5.05. The fraction of sp³-hybridized carbons (Fsp3) is 0. The lowest BCUT2D eigenvalue weighted by atomic mass is 10.3. The quantitative estimate of drug-likeness (QED) is 0.504. The molecule has 1 unspecified atom stereocenters. The van der Waals surface area contributed by atoms with Gasteiger partial charge in [0.05, 0.1) is 0 Å². The highest BCUT2D eigenvalue weighted by Crippen LogP contribution is 2.55. The standard InChI is InChI=1S/C6H5ClNO2P/c7-11-9-5-2-1-4(8)3-6(5)10-11/h1-3H,8H2. The molecule has 0 bridgehead atoms. The Labute approximate surface area is 69.8 Å². The summed E-state index contributed by atoms with van der Waals surface area (Å²) in [7, 11) is -1.29. The van der Waals surface area contributed by atoms with Gasteiger partial charge in [0.15, 0.2) is 11.5 Å². The largest absolute Gasteiger partial charge is 0.423 e. The zero-order valence-electron chi connectivity index (χ0n) is 5.45. The summed E-state index contributed by atoms with van der Waals surface area (Å²) >= 11 is 5.61. The number of halogens is 1. The maximum absolute atomic E-state index is 5.61. The van der Waals surface area contributed by atoms with Crippen LogP contribution in [0.25, 0.3) is 0 Å². The maximum Gasteiger partial charge on any atom is 0.401 e. The Morgan fingerprint density at radius 2 is 2.00 bits per heavy atom. The Kier molecular flexibility index (Phi) is 1.55. The summed E-state index contributed by atoms with van der Waals surface area (Å²) in [5.41, 5.74) is 6.15. The zero-order chi connectivity index (χ0) is 7.84. The molecule has 0 saturated heterocycles. The summed E-state index contributed by atoms with van der Waals surface area (Å²) in [6.45, 7) is 0. The number of fused-ring (bicyclic) bond motifs is 1. The minimum Gasteiger partial charge on any atom is -0.423 e. The van der Waals surface area contributed by atoms with Gasteiger partial charge in [-0.2, -0.15) is 0 Å². The second-order valence-corrected chi connectivity index (χ2v) is 3.72. The molecule has 5 heteroatoms. The van der Waals surface area contributed by atoms with Crippen molar-refractivity contribution in [2.24, 2.45) is 0 Å². The van der Waals surface area contributed by atoms with Crippen LogP contribution < -0.4 is 14.8 Å². The highest BCUT2D eigenvalue weighted by molar-refractivity contribution is 7.76. The van der Waals surface area contributed by atoms with Crippen LogP contribution in [0.2, 0.25) is 0 Å². The van der Waals surface area contributed by atoms with E-state index < -0.39 is 7.73 Å². The van der Waals surface area contributed by atoms with Crippen molar-refractivity contribution in [3.05, 3.63) is 18.2 Å². The third-order valence-electron chi connectivity index (χ3n) is 1.31. The number of benzene rings is 1. The molecule has 1 aromatic rings. The molecular formula is C6H5ClNO2P. The molecule has 0 radical (unpaired) electrons. The molecule has 58 valence electrons. The summed E-state index contributed by atoms with van der Waals surface area (Å²) in [6.07, 6.45) is 0. The monoisotopic (exact) mass is 189 g/mol. The van der Waals surface area contributed by atoms with Crippen LogP contribution in [0, 0.1) is 0 Å². The van der Waals surface area contributed by atoms with Crippen molar-refractivity contribution in [2.45, 2.75) is 0 Å². The molecule has 0 aliphatic carbocycles. The average Bonchev–Trinajstić information content (AvgIpc) is 2.27. The first kappa shape index (κ1) is 7.01. The van der Waals surface area contributed by atoms with E-state index in [0.717, 1.165) is 0 Å². The number of anilines is 1. The molecular weight excluding hydrogens is 184 g/mol. The summed E-state index contributed by atoms with van der Waals surface area (Å²) in [4.78, 5) is 0. The number of nitrogen functional groups attached to an aromatic ring is 1. The second-order valence-electron chi connectivity index (χ2n) is 2.10. The molecule has 3 nitrogen and oxygen atoms in total. The molecule has 0 fully saturated rings. The van der Waals surface area contributed by atoms with Crippen LogP contribution in [-0.4, -0.2) is 0 Å². The van der Waals surface area contributed by atoms with Crippen molar-refractivity contribution >= 4 is 24.7 Å². The lowest BCUT2D eigenvalue weighted by Gasteiger charge is -1.94. The Bertz CT molecular complexity index is 294. The van der Waals surface area contributed by atoms with Crippen molar-refractivity contribution in [3.63, 3.8) is 0 Å². The Morgan fingerprint density at radius 1 is 1.27 bits per heavy atom. The van der Waals surface area contributed by atoms with Gasteiger partial charge in [0.2, 0.25) is 0 Å². The van der Waals surface area contributed by atoms with E-state index in [0.29, 0.717) is 17.2 Å². The number of hydrogen-bond acceptors (Lipinski definition) is 3. The fourth-order valence-electron chi connectivity index (χ4n) is 0.845. The van der Waals surface area contributed by atoms with Gasteiger partial charge in [-0.25, -0.2) is 0 Å². The van der Waals surface area contributed by atoms with Gasteiger partial charge in [-0.3, -0.25) is 0 Å². The van der Waals surface area contributed by atoms with Crippen molar-refractivity contribution in [3.8, 4) is 11.5 Å². The second kappa shape index (κ2) is 2.43. The molecule has 1 atom stereocenters. The van der Waals surface area contributed by atoms with Gasteiger partial charge in [-0.05, 0) is 23.4 Å². The van der Waals surface area contributed by atoms with Gasteiger partial charge < -0.3 is 14.8 Å². The van der Waals surface area contributed by atoms with Gasteiger partial charge in [-0.15, -0.1) is 0 Å². The summed E-state index contributed by atoms with van der Waals surface area (Å²) in [5, 5.41) is 0. The molecule has 0 amide bonds. The Hall–Kier alpha value is -0.660. The van der Waals surface area contributed by atoms with Gasteiger partial charge >= 0.3 is 7.73 Å². The van der Waals surface area contributed by atoms with E-state index in [4.69, 9.17) is 26.0 Å². The lowest BCUT2D eigenvalue weighted by Crippen LogP contribution is -1.82. The Morgan fingerprint density at radius 3 is 2.82 bits per heavy atom. The van der Waals surface area contributed by atoms with Crippen LogP contribution in [0.1, 0.15) is 0 Å². The van der Waals surface area contributed by atoms with Crippen LogP contribution in [0.5, 0.6) is 11.5 Å². The third-order valence-corrected chi connectivity index (χ3v) is 2.40. The summed E-state index contributed by atoms with van der Waals surface area (Å²) in [6, 6.07) is 5.18. The smallest absolute Gasteiger partial charge is 0.401 e. The van der Waals surface area contributed by atoms with Crippen molar-refractivity contribution in [2.75, 3.05) is 5.73 Å². The van der Waals surface area contributed by atoms with E-state index in [9.17, 15) is 0 Å². The molecule has 1 aromatic carbocycles.